The Kier molecular flexibility index (Phi) is 5.35. The predicted octanol–water partition coefficient (Wildman–Crippen LogP) is 3.53. The molecule has 1 aliphatic heterocycles. The molecule has 156 valence electrons. The summed E-state index contributed by atoms with van der Waals surface area (Å²) in [4.78, 5) is 15.0. The number of rotatable bonds is 5. The third kappa shape index (κ3) is 3.96. The van der Waals surface area contributed by atoms with Crippen molar-refractivity contribution in [3.05, 3.63) is 71.9 Å². The van der Waals surface area contributed by atoms with E-state index in [1.807, 2.05) is 59.5 Å². The molecule has 0 radical (unpaired) electrons. The lowest BCUT2D eigenvalue weighted by Gasteiger charge is -2.25. The first-order chi connectivity index (χ1) is 14.4. The summed E-state index contributed by atoms with van der Waals surface area (Å²) in [6.45, 7) is 6.49. The summed E-state index contributed by atoms with van der Waals surface area (Å²) in [5.74, 6) is 0.506. The maximum atomic E-state index is 13.0. The summed E-state index contributed by atoms with van der Waals surface area (Å²) in [5.41, 5.74) is 3.83. The number of aromatic nitrogens is 2. The van der Waals surface area contributed by atoms with Crippen LogP contribution >= 0.6 is 0 Å². The molecule has 1 amide bonds. The summed E-state index contributed by atoms with van der Waals surface area (Å²) in [6.07, 6.45) is 0.746. The van der Waals surface area contributed by atoms with E-state index in [0.717, 1.165) is 29.1 Å². The van der Waals surface area contributed by atoms with E-state index in [0.29, 0.717) is 5.82 Å². The predicted molar refractivity (Wildman–Crippen MR) is 119 cm³/mol. The second-order valence-corrected chi connectivity index (χ2v) is 8.76. The van der Waals surface area contributed by atoms with Crippen molar-refractivity contribution in [2.24, 2.45) is 0 Å². The molecular formula is C24H28N4O2. The van der Waals surface area contributed by atoms with Crippen LogP contribution in [-0.2, 0) is 16.6 Å². The van der Waals surface area contributed by atoms with Crippen LogP contribution in [0.4, 0.5) is 11.5 Å². The fourth-order valence-corrected chi connectivity index (χ4v) is 3.84. The molecule has 0 saturated heterocycles. The second kappa shape index (κ2) is 7.95. The molecule has 30 heavy (non-hydrogen) atoms. The number of hydrogen-bond acceptors (Lipinski definition) is 4. The van der Waals surface area contributed by atoms with Crippen LogP contribution in [0.2, 0.25) is 0 Å². The highest BCUT2D eigenvalue weighted by Crippen LogP contribution is 2.32. The molecule has 2 aromatic carbocycles. The number of carbonyl (C=O) groups excluding carboxylic acids is 1. The molecule has 0 aliphatic carbocycles. The quantitative estimate of drug-likeness (QED) is 0.683. The third-order valence-electron chi connectivity index (χ3n) is 5.47. The lowest BCUT2D eigenvalue weighted by atomic mass is 9.92. The van der Waals surface area contributed by atoms with Gasteiger partial charge in [0.15, 0.2) is 0 Å². The monoisotopic (exact) mass is 404 g/mol. The Morgan fingerprint density at radius 3 is 2.53 bits per heavy atom. The molecule has 4 rings (SSSR count). The summed E-state index contributed by atoms with van der Waals surface area (Å²) in [7, 11) is 0. The van der Waals surface area contributed by atoms with Gasteiger partial charge < -0.3 is 15.3 Å². The molecule has 0 fully saturated rings. The highest BCUT2D eigenvalue weighted by molar-refractivity contribution is 5.94. The molecule has 3 aromatic rings. The van der Waals surface area contributed by atoms with E-state index in [-0.39, 0.29) is 30.5 Å². The molecule has 2 N–H and O–H groups in total. The summed E-state index contributed by atoms with van der Waals surface area (Å²) in [5, 5.41) is 17.6. The Bertz CT molecular complexity index is 1040. The zero-order valence-corrected chi connectivity index (χ0v) is 17.7. The number of amides is 1. The van der Waals surface area contributed by atoms with Crippen LogP contribution in [0, 0.1) is 0 Å². The zero-order chi connectivity index (χ0) is 21.3. The van der Waals surface area contributed by atoms with E-state index in [1.54, 1.807) is 4.68 Å². The Morgan fingerprint density at radius 2 is 1.83 bits per heavy atom. The highest BCUT2D eigenvalue weighted by Gasteiger charge is 2.30. The van der Waals surface area contributed by atoms with Gasteiger partial charge in [-0.1, -0.05) is 57.2 Å². The first kappa shape index (κ1) is 20.2. The standard InChI is InChI=1S/C24H28N4O2/c1-24(2,3)21-14-22(28(26-21)18-10-5-4-6-11-18)25-23(30)15-27-19(16-29)13-17-9-7-8-12-20(17)27/h4-12,14,19,29H,13,15-16H2,1-3H3,(H,25,30). The first-order valence-electron chi connectivity index (χ1n) is 10.3. The normalized spacial score (nSPS) is 15.9. The smallest absolute Gasteiger partial charge is 0.245 e. The molecule has 0 bridgehead atoms. The minimum atomic E-state index is -0.143. The lowest BCUT2D eigenvalue weighted by Crippen LogP contribution is -2.40. The number of para-hydroxylation sites is 2. The van der Waals surface area contributed by atoms with Gasteiger partial charge in [0, 0.05) is 17.2 Å². The topological polar surface area (TPSA) is 70.4 Å². The number of carbonyl (C=O) groups is 1. The van der Waals surface area contributed by atoms with Gasteiger partial charge in [0.25, 0.3) is 0 Å². The van der Waals surface area contributed by atoms with Gasteiger partial charge in [-0.2, -0.15) is 5.10 Å². The van der Waals surface area contributed by atoms with Crippen LogP contribution in [-0.4, -0.2) is 40.0 Å². The number of aliphatic hydroxyl groups is 1. The second-order valence-electron chi connectivity index (χ2n) is 8.76. The van der Waals surface area contributed by atoms with Crippen LogP contribution in [0.25, 0.3) is 5.69 Å². The number of benzene rings is 2. The van der Waals surface area contributed by atoms with Gasteiger partial charge in [0.05, 0.1) is 30.6 Å². The first-order valence-corrected chi connectivity index (χ1v) is 10.3. The van der Waals surface area contributed by atoms with E-state index in [9.17, 15) is 9.90 Å². The van der Waals surface area contributed by atoms with Crippen molar-refractivity contribution in [3.8, 4) is 5.69 Å². The minimum Gasteiger partial charge on any atom is -0.394 e. The lowest BCUT2D eigenvalue weighted by molar-refractivity contribution is -0.115. The van der Waals surface area contributed by atoms with E-state index in [1.165, 1.54) is 0 Å². The van der Waals surface area contributed by atoms with Crippen molar-refractivity contribution in [1.29, 1.82) is 0 Å². The number of hydrogen-bond donors (Lipinski definition) is 2. The molecule has 1 unspecified atom stereocenters. The van der Waals surface area contributed by atoms with Crippen LogP contribution < -0.4 is 10.2 Å². The van der Waals surface area contributed by atoms with Crippen molar-refractivity contribution in [2.75, 3.05) is 23.4 Å². The Balaban J connectivity index is 1.59. The molecule has 1 aliphatic rings. The minimum absolute atomic E-state index is 0.0120. The number of anilines is 2. The molecule has 1 aromatic heterocycles. The van der Waals surface area contributed by atoms with Crippen LogP contribution in [0.5, 0.6) is 0 Å². The van der Waals surface area contributed by atoms with E-state index in [2.05, 4.69) is 32.2 Å². The van der Waals surface area contributed by atoms with E-state index < -0.39 is 0 Å². The molecule has 6 nitrogen and oxygen atoms in total. The Morgan fingerprint density at radius 1 is 1.13 bits per heavy atom. The zero-order valence-electron chi connectivity index (χ0n) is 17.7. The average molecular weight is 405 g/mol. The van der Waals surface area contributed by atoms with Gasteiger partial charge in [-0.15, -0.1) is 0 Å². The van der Waals surface area contributed by atoms with Crippen molar-refractivity contribution in [2.45, 2.75) is 38.6 Å². The maximum absolute atomic E-state index is 13.0. The number of nitrogens with zero attached hydrogens (tertiary/aromatic N) is 3. The molecule has 2 heterocycles. The summed E-state index contributed by atoms with van der Waals surface area (Å²) >= 11 is 0. The van der Waals surface area contributed by atoms with Gasteiger partial charge in [0.2, 0.25) is 5.91 Å². The SMILES string of the molecule is CC(C)(C)c1cc(NC(=O)CN2c3ccccc3CC2CO)n(-c2ccccc2)n1. The maximum Gasteiger partial charge on any atom is 0.245 e. The van der Waals surface area contributed by atoms with E-state index in [4.69, 9.17) is 5.10 Å². The van der Waals surface area contributed by atoms with Gasteiger partial charge in [-0.25, -0.2) is 4.68 Å². The molecular weight excluding hydrogens is 376 g/mol. The van der Waals surface area contributed by atoms with Crippen molar-refractivity contribution >= 4 is 17.4 Å². The number of fused-ring (bicyclic) bond motifs is 1. The van der Waals surface area contributed by atoms with Crippen LogP contribution in [0.1, 0.15) is 32.0 Å². The average Bonchev–Trinajstić information content (AvgIpc) is 3.30. The number of aliphatic hydroxyl groups excluding tert-OH is 1. The molecule has 6 heteroatoms. The highest BCUT2D eigenvalue weighted by atomic mass is 16.3. The Labute approximate surface area is 177 Å². The van der Waals surface area contributed by atoms with Gasteiger partial charge in [-0.05, 0) is 30.2 Å². The van der Waals surface area contributed by atoms with Gasteiger partial charge in [-0.3, -0.25) is 4.79 Å². The van der Waals surface area contributed by atoms with Crippen molar-refractivity contribution < 1.29 is 9.90 Å². The number of nitrogens with one attached hydrogen (secondary N) is 1. The van der Waals surface area contributed by atoms with Crippen LogP contribution in [0.3, 0.4) is 0 Å². The van der Waals surface area contributed by atoms with Crippen molar-refractivity contribution in [3.63, 3.8) is 0 Å². The fourth-order valence-electron chi connectivity index (χ4n) is 3.84. The fraction of sp³-hybridized carbons (Fsp3) is 0.333. The molecule has 0 spiro atoms. The van der Waals surface area contributed by atoms with Gasteiger partial charge >= 0.3 is 0 Å². The van der Waals surface area contributed by atoms with E-state index >= 15 is 0 Å². The largest absolute Gasteiger partial charge is 0.394 e. The molecule has 0 saturated carbocycles. The summed E-state index contributed by atoms with van der Waals surface area (Å²) < 4.78 is 1.78. The van der Waals surface area contributed by atoms with Gasteiger partial charge in [0.1, 0.15) is 5.82 Å². The Hall–Kier alpha value is -3.12. The molecule has 1 atom stereocenters. The summed E-state index contributed by atoms with van der Waals surface area (Å²) in [6, 6.07) is 19.6. The third-order valence-corrected chi connectivity index (χ3v) is 5.47. The van der Waals surface area contributed by atoms with Crippen LogP contribution in [0.15, 0.2) is 60.7 Å². The van der Waals surface area contributed by atoms with Crippen molar-refractivity contribution in [1.82, 2.24) is 9.78 Å².